The van der Waals surface area contributed by atoms with Gasteiger partial charge in [0.1, 0.15) is 11.5 Å². The molecule has 7 nitrogen and oxygen atoms in total. The summed E-state index contributed by atoms with van der Waals surface area (Å²) < 4.78 is 27.9. The van der Waals surface area contributed by atoms with Crippen molar-refractivity contribution in [2.75, 3.05) is 10.7 Å². The molecule has 0 atom stereocenters. The van der Waals surface area contributed by atoms with Crippen molar-refractivity contribution in [3.8, 4) is 11.1 Å². The predicted octanol–water partition coefficient (Wildman–Crippen LogP) is 2.75. The third kappa shape index (κ3) is 3.43. The van der Waals surface area contributed by atoms with Crippen LogP contribution in [0.3, 0.4) is 0 Å². The first-order valence-corrected chi connectivity index (χ1v) is 7.71. The van der Waals surface area contributed by atoms with Crippen molar-refractivity contribution >= 4 is 24.1 Å². The minimum absolute atomic E-state index is 0.0459. The molecular weight excluding hydrogens is 352 g/mol. The first-order valence-electron chi connectivity index (χ1n) is 7.71. The van der Waals surface area contributed by atoms with Gasteiger partial charge in [-0.25, -0.2) is 18.8 Å². The van der Waals surface area contributed by atoms with E-state index in [4.69, 9.17) is 11.6 Å². The van der Waals surface area contributed by atoms with Crippen LogP contribution in [0, 0.1) is 11.6 Å². The average Bonchev–Trinajstić information content (AvgIpc) is 2.70. The van der Waals surface area contributed by atoms with E-state index in [1.807, 2.05) is 0 Å². The fraction of sp³-hybridized carbons (Fsp3) is 0. The van der Waals surface area contributed by atoms with Crippen LogP contribution in [-0.2, 0) is 0 Å². The Balaban J connectivity index is 2.12. The van der Waals surface area contributed by atoms with E-state index in [0.717, 1.165) is 16.6 Å². The average molecular weight is 367 g/mol. The summed E-state index contributed by atoms with van der Waals surface area (Å²) in [6.45, 7) is 3.39. The van der Waals surface area contributed by atoms with Crippen LogP contribution >= 0.6 is 0 Å². The molecule has 0 spiro atoms. The van der Waals surface area contributed by atoms with Crippen molar-refractivity contribution in [1.29, 1.82) is 0 Å². The molecule has 0 saturated heterocycles. The highest BCUT2D eigenvalue weighted by Crippen LogP contribution is 2.27. The van der Waals surface area contributed by atoms with Crippen molar-refractivity contribution in [1.82, 2.24) is 9.97 Å². The molecule has 0 saturated carbocycles. The lowest BCUT2D eigenvalue weighted by atomic mass is 10.1. The maximum atomic E-state index is 14.2. The van der Waals surface area contributed by atoms with Crippen molar-refractivity contribution in [2.24, 2.45) is 16.0 Å². The van der Waals surface area contributed by atoms with Gasteiger partial charge >= 0.3 is 0 Å². The standard InChI is InChI=1S/C18H15F2N7/c1-23-27(15-4-2-3-14(19)16(15)20)18(26-22)13-9-12(10-25-17(13)21)11-5-7-24-8-6-11/h2-10H,1,22H2,(H2,21,25)/b26-18-. The van der Waals surface area contributed by atoms with Gasteiger partial charge in [0.15, 0.2) is 17.5 Å². The second kappa shape index (κ2) is 7.56. The Hall–Kier alpha value is -3.88. The van der Waals surface area contributed by atoms with Crippen LogP contribution in [0.4, 0.5) is 20.3 Å². The first kappa shape index (κ1) is 17.9. The third-order valence-corrected chi connectivity index (χ3v) is 3.80. The van der Waals surface area contributed by atoms with Crippen LogP contribution in [0.15, 0.2) is 65.2 Å². The van der Waals surface area contributed by atoms with Crippen LogP contribution in [0.1, 0.15) is 5.56 Å². The number of nitrogens with two attached hydrogens (primary N) is 2. The number of nitrogen functional groups attached to an aromatic ring is 1. The molecule has 2 heterocycles. The maximum Gasteiger partial charge on any atom is 0.184 e. The molecular formula is C18H15F2N7. The van der Waals surface area contributed by atoms with Crippen molar-refractivity contribution in [3.63, 3.8) is 0 Å². The Morgan fingerprint density at radius 2 is 1.85 bits per heavy atom. The lowest BCUT2D eigenvalue weighted by Gasteiger charge is -2.21. The Bertz CT molecular complexity index is 1010. The summed E-state index contributed by atoms with van der Waals surface area (Å²) >= 11 is 0. The highest BCUT2D eigenvalue weighted by molar-refractivity contribution is 6.12. The van der Waals surface area contributed by atoms with Gasteiger partial charge in [0, 0.05) is 30.9 Å². The number of anilines is 2. The van der Waals surface area contributed by atoms with Crippen molar-refractivity contribution in [2.45, 2.75) is 0 Å². The smallest absolute Gasteiger partial charge is 0.184 e. The molecule has 3 aromatic rings. The highest BCUT2D eigenvalue weighted by Gasteiger charge is 2.23. The Morgan fingerprint density at radius 1 is 1.11 bits per heavy atom. The summed E-state index contributed by atoms with van der Waals surface area (Å²) in [6, 6.07) is 8.86. The van der Waals surface area contributed by atoms with Gasteiger partial charge in [0.05, 0.1) is 5.56 Å². The molecule has 0 bridgehead atoms. The van der Waals surface area contributed by atoms with Crippen LogP contribution in [-0.4, -0.2) is 22.5 Å². The van der Waals surface area contributed by atoms with E-state index in [0.29, 0.717) is 5.56 Å². The molecule has 0 amide bonds. The number of amidine groups is 1. The van der Waals surface area contributed by atoms with E-state index in [1.165, 1.54) is 12.1 Å². The number of nitrogens with zero attached hydrogens (tertiary/aromatic N) is 5. The maximum absolute atomic E-state index is 14.2. The number of halogens is 2. The molecule has 3 rings (SSSR count). The zero-order valence-electron chi connectivity index (χ0n) is 14.0. The highest BCUT2D eigenvalue weighted by atomic mass is 19.2. The van der Waals surface area contributed by atoms with Gasteiger partial charge < -0.3 is 11.6 Å². The summed E-state index contributed by atoms with van der Waals surface area (Å²) in [5.41, 5.74) is 7.55. The number of aromatic nitrogens is 2. The predicted molar refractivity (Wildman–Crippen MR) is 101 cm³/mol. The molecule has 9 heteroatoms. The monoisotopic (exact) mass is 367 g/mol. The Morgan fingerprint density at radius 3 is 2.52 bits per heavy atom. The molecule has 0 aliphatic carbocycles. The molecule has 27 heavy (non-hydrogen) atoms. The van der Waals surface area contributed by atoms with Gasteiger partial charge in [-0.1, -0.05) is 6.07 Å². The van der Waals surface area contributed by atoms with E-state index < -0.39 is 11.6 Å². The van der Waals surface area contributed by atoms with E-state index >= 15 is 0 Å². The lowest BCUT2D eigenvalue weighted by Crippen LogP contribution is -2.29. The van der Waals surface area contributed by atoms with Gasteiger partial charge in [0.25, 0.3) is 0 Å². The molecule has 0 aliphatic rings. The minimum atomic E-state index is -1.12. The lowest BCUT2D eigenvalue weighted by molar-refractivity contribution is 0.509. The summed E-state index contributed by atoms with van der Waals surface area (Å²) in [6.07, 6.45) is 4.82. The van der Waals surface area contributed by atoms with Crippen molar-refractivity contribution < 1.29 is 8.78 Å². The molecule has 1 aromatic carbocycles. The van der Waals surface area contributed by atoms with Gasteiger partial charge in [-0.3, -0.25) is 4.98 Å². The van der Waals surface area contributed by atoms with Crippen LogP contribution in [0.5, 0.6) is 0 Å². The molecule has 0 aliphatic heterocycles. The second-order valence-corrected chi connectivity index (χ2v) is 5.37. The van der Waals surface area contributed by atoms with Gasteiger partial charge in [0.2, 0.25) is 0 Å². The fourth-order valence-corrected chi connectivity index (χ4v) is 2.51. The van der Waals surface area contributed by atoms with Crippen LogP contribution in [0.25, 0.3) is 11.1 Å². The second-order valence-electron chi connectivity index (χ2n) is 5.37. The van der Waals surface area contributed by atoms with Crippen LogP contribution in [0.2, 0.25) is 0 Å². The number of hydrazone groups is 2. The SMILES string of the molecule is C=NN(/C(=N\N)c1cc(-c2ccncc2)cnc1N)c1cccc(F)c1F. The number of rotatable bonds is 4. The fourth-order valence-electron chi connectivity index (χ4n) is 2.51. The Labute approximate surface area is 153 Å². The zero-order valence-corrected chi connectivity index (χ0v) is 14.0. The molecule has 0 unspecified atom stereocenters. The number of hydrogen-bond donors (Lipinski definition) is 2. The molecule has 0 radical (unpaired) electrons. The van der Waals surface area contributed by atoms with Gasteiger partial charge in [-0.05, 0) is 35.9 Å². The topological polar surface area (TPSA) is 106 Å². The van der Waals surface area contributed by atoms with E-state index in [2.05, 4.69) is 26.9 Å². The molecule has 4 N–H and O–H groups in total. The largest absolute Gasteiger partial charge is 0.383 e. The van der Waals surface area contributed by atoms with Gasteiger partial charge in [-0.15, -0.1) is 0 Å². The normalized spacial score (nSPS) is 11.3. The number of hydrogen-bond acceptors (Lipinski definition) is 6. The van der Waals surface area contributed by atoms with E-state index in [-0.39, 0.29) is 22.9 Å². The summed E-state index contributed by atoms with van der Waals surface area (Å²) in [7, 11) is 0. The van der Waals surface area contributed by atoms with Crippen molar-refractivity contribution in [3.05, 3.63) is 72.2 Å². The molecule has 0 fully saturated rings. The van der Waals surface area contributed by atoms with E-state index in [1.54, 1.807) is 36.8 Å². The number of benzene rings is 1. The van der Waals surface area contributed by atoms with Crippen LogP contribution < -0.4 is 16.6 Å². The Kier molecular flexibility index (Phi) is 5.02. The molecule has 136 valence electrons. The quantitative estimate of drug-likeness (QED) is 0.319. The van der Waals surface area contributed by atoms with Gasteiger partial charge in [-0.2, -0.15) is 10.2 Å². The minimum Gasteiger partial charge on any atom is -0.383 e. The van der Waals surface area contributed by atoms with E-state index in [9.17, 15) is 8.78 Å². The molecule has 2 aromatic heterocycles. The zero-order chi connectivity index (χ0) is 19.4. The summed E-state index contributed by atoms with van der Waals surface area (Å²) in [4.78, 5) is 8.10. The summed E-state index contributed by atoms with van der Waals surface area (Å²) in [5.74, 6) is 3.38. The number of pyridine rings is 2. The summed E-state index contributed by atoms with van der Waals surface area (Å²) in [5, 5.41) is 8.34. The third-order valence-electron chi connectivity index (χ3n) is 3.80. The first-order chi connectivity index (χ1) is 13.1.